The van der Waals surface area contributed by atoms with Crippen LogP contribution in [0.25, 0.3) is 0 Å². The lowest BCUT2D eigenvalue weighted by atomic mass is 9.70. The standard InChI is InChI=1S/C28H43BrO3/c1-3-5-7-19-31-27-18-15-24(20-26(27)29)28(30)32-25-16-13-23(14-17-25)22-11-9-21(10-12-22)8-6-4-2/h15,18,20-23,25H,3-14,16-17,19H2,1-2H3. The summed E-state index contributed by atoms with van der Waals surface area (Å²) in [4.78, 5) is 12.7. The smallest absolute Gasteiger partial charge is 0.338 e. The number of carbonyl (C=O) groups is 1. The van der Waals surface area contributed by atoms with Gasteiger partial charge >= 0.3 is 5.97 Å². The highest BCUT2D eigenvalue weighted by atomic mass is 79.9. The van der Waals surface area contributed by atoms with Crippen LogP contribution >= 0.6 is 15.9 Å². The second-order valence-corrected chi connectivity index (χ2v) is 10.9. The molecule has 1 aromatic carbocycles. The molecule has 0 radical (unpaired) electrons. The second-order valence-electron chi connectivity index (χ2n) is 10.1. The van der Waals surface area contributed by atoms with E-state index in [0.717, 1.165) is 47.2 Å². The quantitative estimate of drug-likeness (QED) is 0.222. The Labute approximate surface area is 204 Å². The number of halogens is 1. The molecule has 0 aromatic heterocycles. The molecule has 32 heavy (non-hydrogen) atoms. The number of rotatable bonds is 11. The van der Waals surface area contributed by atoms with Crippen molar-refractivity contribution in [2.75, 3.05) is 6.61 Å². The molecule has 0 N–H and O–H groups in total. The van der Waals surface area contributed by atoms with E-state index in [2.05, 4.69) is 29.8 Å². The van der Waals surface area contributed by atoms with Crippen molar-refractivity contribution in [2.24, 2.45) is 17.8 Å². The van der Waals surface area contributed by atoms with Gasteiger partial charge in [-0.25, -0.2) is 4.79 Å². The Morgan fingerprint density at radius 3 is 2.19 bits per heavy atom. The van der Waals surface area contributed by atoms with Gasteiger partial charge in [-0.05, 0) is 96.8 Å². The Morgan fingerprint density at radius 2 is 1.56 bits per heavy atom. The van der Waals surface area contributed by atoms with Crippen molar-refractivity contribution in [2.45, 2.75) is 110 Å². The number of ether oxygens (including phenoxy) is 2. The zero-order valence-electron chi connectivity index (χ0n) is 20.3. The summed E-state index contributed by atoms with van der Waals surface area (Å²) in [6, 6.07) is 5.53. The fourth-order valence-electron chi connectivity index (χ4n) is 5.62. The minimum absolute atomic E-state index is 0.0726. The maximum atomic E-state index is 12.7. The van der Waals surface area contributed by atoms with Gasteiger partial charge in [-0.2, -0.15) is 0 Å². The maximum absolute atomic E-state index is 12.7. The van der Waals surface area contributed by atoms with Crippen LogP contribution in [-0.2, 0) is 4.74 Å². The molecule has 0 saturated heterocycles. The lowest BCUT2D eigenvalue weighted by Gasteiger charge is -2.37. The van der Waals surface area contributed by atoms with Gasteiger partial charge in [0.25, 0.3) is 0 Å². The van der Waals surface area contributed by atoms with Gasteiger partial charge in [0.1, 0.15) is 11.9 Å². The molecule has 0 aliphatic heterocycles. The third kappa shape index (κ3) is 7.78. The van der Waals surface area contributed by atoms with Gasteiger partial charge in [0, 0.05) is 0 Å². The summed E-state index contributed by atoms with van der Waals surface area (Å²) in [5.74, 6) is 3.32. The fraction of sp³-hybridized carbons (Fsp3) is 0.750. The summed E-state index contributed by atoms with van der Waals surface area (Å²) < 4.78 is 12.5. The fourth-order valence-corrected chi connectivity index (χ4v) is 6.11. The van der Waals surface area contributed by atoms with Gasteiger partial charge in [0.15, 0.2) is 0 Å². The Kier molecular flexibility index (Phi) is 10.9. The molecule has 0 amide bonds. The molecule has 2 aliphatic rings. The van der Waals surface area contributed by atoms with Crippen molar-refractivity contribution < 1.29 is 14.3 Å². The maximum Gasteiger partial charge on any atom is 0.338 e. The van der Waals surface area contributed by atoms with Crippen molar-refractivity contribution in [3.8, 4) is 5.75 Å². The van der Waals surface area contributed by atoms with Crippen LogP contribution in [0.4, 0.5) is 0 Å². The highest BCUT2D eigenvalue weighted by Gasteiger charge is 2.32. The first kappa shape index (κ1) is 25.6. The van der Waals surface area contributed by atoms with Gasteiger partial charge < -0.3 is 9.47 Å². The van der Waals surface area contributed by atoms with E-state index in [1.54, 1.807) is 0 Å². The third-order valence-electron chi connectivity index (χ3n) is 7.69. The van der Waals surface area contributed by atoms with E-state index < -0.39 is 0 Å². The number of carbonyl (C=O) groups excluding carboxylic acids is 1. The van der Waals surface area contributed by atoms with Crippen LogP contribution < -0.4 is 4.74 Å². The number of benzene rings is 1. The minimum atomic E-state index is -0.205. The van der Waals surface area contributed by atoms with Crippen LogP contribution in [-0.4, -0.2) is 18.7 Å². The summed E-state index contributed by atoms with van der Waals surface area (Å²) in [5.41, 5.74) is 0.602. The zero-order valence-corrected chi connectivity index (χ0v) is 21.8. The molecular formula is C28H43BrO3. The van der Waals surface area contributed by atoms with Crippen molar-refractivity contribution in [3.63, 3.8) is 0 Å². The van der Waals surface area contributed by atoms with Crippen LogP contribution in [0.1, 0.15) is 114 Å². The lowest BCUT2D eigenvalue weighted by molar-refractivity contribution is 0.0109. The summed E-state index contributed by atoms with van der Waals surface area (Å²) in [5, 5.41) is 0. The molecule has 2 saturated carbocycles. The number of hydrogen-bond acceptors (Lipinski definition) is 3. The Morgan fingerprint density at radius 1 is 0.906 bits per heavy atom. The SMILES string of the molecule is CCCCCOc1ccc(C(=O)OC2CCC(C3CCC(CCCC)CC3)CC2)cc1Br. The molecule has 2 fully saturated rings. The Bertz CT molecular complexity index is 688. The van der Waals surface area contributed by atoms with Gasteiger partial charge in [-0.15, -0.1) is 0 Å². The molecule has 0 atom stereocenters. The van der Waals surface area contributed by atoms with Crippen LogP contribution in [0.2, 0.25) is 0 Å². The number of hydrogen-bond donors (Lipinski definition) is 0. The number of esters is 1. The van der Waals surface area contributed by atoms with Crippen molar-refractivity contribution >= 4 is 21.9 Å². The largest absolute Gasteiger partial charge is 0.492 e. The van der Waals surface area contributed by atoms with E-state index in [9.17, 15) is 4.79 Å². The Balaban J connectivity index is 1.39. The van der Waals surface area contributed by atoms with Crippen molar-refractivity contribution in [1.29, 1.82) is 0 Å². The summed E-state index contributed by atoms with van der Waals surface area (Å²) in [6.07, 6.45) is 17.8. The molecule has 0 spiro atoms. The average Bonchev–Trinajstić information content (AvgIpc) is 2.82. The van der Waals surface area contributed by atoms with Crippen LogP contribution in [0.15, 0.2) is 22.7 Å². The molecular weight excluding hydrogens is 464 g/mol. The molecule has 3 nitrogen and oxygen atoms in total. The van der Waals surface area contributed by atoms with E-state index in [0.29, 0.717) is 12.2 Å². The van der Waals surface area contributed by atoms with Crippen LogP contribution in [0.5, 0.6) is 5.75 Å². The van der Waals surface area contributed by atoms with E-state index in [1.165, 1.54) is 70.6 Å². The molecule has 1 aromatic rings. The summed E-state index contributed by atoms with van der Waals surface area (Å²) in [6.45, 7) is 5.19. The number of unbranched alkanes of at least 4 members (excludes halogenated alkanes) is 3. The van der Waals surface area contributed by atoms with Gasteiger partial charge in [0.2, 0.25) is 0 Å². The zero-order chi connectivity index (χ0) is 22.8. The van der Waals surface area contributed by atoms with Crippen molar-refractivity contribution in [1.82, 2.24) is 0 Å². The Hall–Kier alpha value is -1.03. The van der Waals surface area contributed by atoms with Crippen LogP contribution in [0.3, 0.4) is 0 Å². The third-order valence-corrected chi connectivity index (χ3v) is 8.31. The molecule has 0 unspecified atom stereocenters. The normalized spacial score (nSPS) is 26.0. The lowest BCUT2D eigenvalue weighted by Crippen LogP contribution is -2.29. The molecule has 180 valence electrons. The summed E-state index contributed by atoms with van der Waals surface area (Å²) >= 11 is 3.55. The average molecular weight is 508 g/mol. The second kappa shape index (κ2) is 13.6. The first-order chi connectivity index (χ1) is 15.6. The van der Waals surface area contributed by atoms with E-state index in [1.807, 2.05) is 18.2 Å². The molecule has 0 heterocycles. The van der Waals surface area contributed by atoms with E-state index in [4.69, 9.17) is 9.47 Å². The summed E-state index contributed by atoms with van der Waals surface area (Å²) in [7, 11) is 0. The molecule has 2 aliphatic carbocycles. The minimum Gasteiger partial charge on any atom is -0.492 e. The highest BCUT2D eigenvalue weighted by Crippen LogP contribution is 2.41. The topological polar surface area (TPSA) is 35.5 Å². The first-order valence-electron chi connectivity index (χ1n) is 13.2. The highest BCUT2D eigenvalue weighted by molar-refractivity contribution is 9.10. The van der Waals surface area contributed by atoms with Crippen LogP contribution in [0, 0.1) is 17.8 Å². The van der Waals surface area contributed by atoms with Gasteiger partial charge in [-0.1, -0.05) is 58.8 Å². The predicted molar refractivity (Wildman–Crippen MR) is 135 cm³/mol. The molecule has 4 heteroatoms. The van der Waals surface area contributed by atoms with Gasteiger partial charge in [0.05, 0.1) is 16.6 Å². The monoisotopic (exact) mass is 506 g/mol. The predicted octanol–water partition coefficient (Wildman–Crippen LogP) is 8.73. The van der Waals surface area contributed by atoms with E-state index >= 15 is 0 Å². The van der Waals surface area contributed by atoms with Crippen molar-refractivity contribution in [3.05, 3.63) is 28.2 Å². The first-order valence-corrected chi connectivity index (χ1v) is 14.0. The van der Waals surface area contributed by atoms with Gasteiger partial charge in [-0.3, -0.25) is 0 Å². The van der Waals surface area contributed by atoms with E-state index in [-0.39, 0.29) is 12.1 Å². The molecule has 0 bridgehead atoms. The molecule has 3 rings (SSSR count).